The van der Waals surface area contributed by atoms with E-state index in [1.165, 1.54) is 43.2 Å². The molecule has 1 saturated carbocycles. The fourth-order valence-corrected chi connectivity index (χ4v) is 4.44. The molecule has 0 radical (unpaired) electrons. The summed E-state index contributed by atoms with van der Waals surface area (Å²) in [7, 11) is 0. The van der Waals surface area contributed by atoms with Crippen molar-refractivity contribution in [2.24, 2.45) is 0 Å². The highest BCUT2D eigenvalue weighted by molar-refractivity contribution is 5.67. The number of carboxylic acids is 1. The predicted octanol–water partition coefficient (Wildman–Crippen LogP) is 6.94. The van der Waals surface area contributed by atoms with Crippen molar-refractivity contribution < 1.29 is 14.6 Å². The van der Waals surface area contributed by atoms with Crippen molar-refractivity contribution in [1.82, 2.24) is 0 Å². The van der Waals surface area contributed by atoms with Gasteiger partial charge in [0.05, 0.1) is 0 Å². The highest BCUT2D eigenvalue weighted by atomic mass is 16.5. The molecule has 0 amide bonds. The molecule has 0 aliphatic heterocycles. The van der Waals surface area contributed by atoms with Crippen LogP contribution in [0.15, 0.2) is 72.8 Å². The number of aliphatic carboxylic acids is 1. The normalized spacial score (nSPS) is 14.1. The molecule has 1 aliphatic carbocycles. The second-order valence-corrected chi connectivity index (χ2v) is 8.95. The molecule has 33 heavy (non-hydrogen) atoms. The molecular formula is C29H33NO3. The van der Waals surface area contributed by atoms with E-state index in [-0.39, 0.29) is 6.42 Å². The monoisotopic (exact) mass is 443 g/mol. The molecule has 2 N–H and O–H groups in total. The molecule has 4 nitrogen and oxygen atoms in total. The van der Waals surface area contributed by atoms with Crippen molar-refractivity contribution in [3.63, 3.8) is 0 Å². The molecule has 4 heteroatoms. The smallest absolute Gasteiger partial charge is 0.303 e. The highest BCUT2D eigenvalue weighted by Gasteiger charge is 2.15. The molecule has 0 aromatic heterocycles. The summed E-state index contributed by atoms with van der Waals surface area (Å²) in [6.45, 7) is 1.30. The lowest BCUT2D eigenvalue weighted by Gasteiger charge is -2.22. The summed E-state index contributed by atoms with van der Waals surface area (Å²) in [6.07, 6.45) is 7.48. The minimum atomic E-state index is -0.776. The van der Waals surface area contributed by atoms with Gasteiger partial charge in [0, 0.05) is 18.7 Å². The van der Waals surface area contributed by atoms with E-state index in [4.69, 9.17) is 9.84 Å². The van der Waals surface area contributed by atoms with Crippen LogP contribution in [0.4, 0.5) is 5.69 Å². The minimum absolute atomic E-state index is 0.146. The Morgan fingerprint density at radius 2 is 1.45 bits per heavy atom. The molecule has 1 aliphatic rings. The molecule has 172 valence electrons. The number of nitrogens with one attached hydrogen (secondary N) is 1. The van der Waals surface area contributed by atoms with E-state index in [0.717, 1.165) is 35.0 Å². The van der Waals surface area contributed by atoms with Gasteiger partial charge in [-0.15, -0.1) is 0 Å². The van der Waals surface area contributed by atoms with Crippen molar-refractivity contribution >= 4 is 11.7 Å². The van der Waals surface area contributed by atoms with Crippen molar-refractivity contribution in [1.29, 1.82) is 0 Å². The molecular weight excluding hydrogens is 410 g/mol. The van der Waals surface area contributed by atoms with Gasteiger partial charge in [-0.2, -0.15) is 0 Å². The van der Waals surface area contributed by atoms with E-state index in [1.807, 2.05) is 24.3 Å². The average Bonchev–Trinajstić information content (AvgIpc) is 2.87. The fourth-order valence-electron chi connectivity index (χ4n) is 4.44. The van der Waals surface area contributed by atoms with Gasteiger partial charge in [0.15, 0.2) is 0 Å². The largest absolute Gasteiger partial charge is 0.489 e. The number of hydrogen-bond acceptors (Lipinski definition) is 3. The molecule has 3 aromatic carbocycles. The average molecular weight is 444 g/mol. The van der Waals surface area contributed by atoms with Gasteiger partial charge in [-0.05, 0) is 71.7 Å². The first kappa shape index (κ1) is 22.9. The third-order valence-corrected chi connectivity index (χ3v) is 6.46. The molecule has 3 aromatic rings. The maximum absolute atomic E-state index is 10.7. The molecule has 4 rings (SSSR count). The van der Waals surface area contributed by atoms with Gasteiger partial charge in [-0.1, -0.05) is 67.8 Å². The summed E-state index contributed by atoms with van der Waals surface area (Å²) >= 11 is 0. The number of carboxylic acid groups (broad SMARTS) is 1. The van der Waals surface area contributed by atoms with Crippen LogP contribution in [0.1, 0.15) is 66.7 Å². The molecule has 0 atom stereocenters. The van der Waals surface area contributed by atoms with Gasteiger partial charge in [-0.25, -0.2) is 0 Å². The van der Waals surface area contributed by atoms with E-state index in [1.54, 1.807) is 0 Å². The predicted molar refractivity (Wildman–Crippen MR) is 133 cm³/mol. The number of anilines is 1. The topological polar surface area (TPSA) is 58.6 Å². The zero-order chi connectivity index (χ0) is 22.9. The molecule has 0 heterocycles. The van der Waals surface area contributed by atoms with Crippen LogP contribution in [0.5, 0.6) is 5.75 Å². The molecule has 1 fully saturated rings. The van der Waals surface area contributed by atoms with E-state index in [0.29, 0.717) is 13.0 Å². The van der Waals surface area contributed by atoms with Gasteiger partial charge >= 0.3 is 5.97 Å². The third-order valence-electron chi connectivity index (χ3n) is 6.46. The summed E-state index contributed by atoms with van der Waals surface area (Å²) in [5, 5.41) is 12.3. The number of rotatable bonds is 10. The highest BCUT2D eigenvalue weighted by Crippen LogP contribution is 2.33. The van der Waals surface area contributed by atoms with E-state index in [9.17, 15) is 4.79 Å². The third kappa shape index (κ3) is 7.11. The van der Waals surface area contributed by atoms with Crippen LogP contribution in [0.3, 0.4) is 0 Å². The molecule has 0 unspecified atom stereocenters. The zero-order valence-electron chi connectivity index (χ0n) is 19.1. The summed E-state index contributed by atoms with van der Waals surface area (Å²) in [4.78, 5) is 10.7. The molecule has 0 saturated heterocycles. The first-order chi connectivity index (χ1) is 16.2. The summed E-state index contributed by atoms with van der Waals surface area (Å²) in [5.74, 6) is 0.760. The van der Waals surface area contributed by atoms with Crippen LogP contribution in [-0.2, 0) is 24.4 Å². The van der Waals surface area contributed by atoms with Crippen molar-refractivity contribution in [2.75, 3.05) is 5.32 Å². The van der Waals surface area contributed by atoms with Gasteiger partial charge in [0.2, 0.25) is 0 Å². The number of aryl methyl sites for hydroxylation is 1. The Kier molecular flexibility index (Phi) is 8.02. The number of benzene rings is 3. The second-order valence-electron chi connectivity index (χ2n) is 8.95. The van der Waals surface area contributed by atoms with E-state index >= 15 is 0 Å². The Hall–Kier alpha value is -3.27. The Labute approximate surface area is 196 Å². The summed E-state index contributed by atoms with van der Waals surface area (Å²) in [5.41, 5.74) is 6.00. The maximum atomic E-state index is 10.7. The van der Waals surface area contributed by atoms with E-state index < -0.39 is 5.97 Å². The number of hydrogen-bond donors (Lipinski definition) is 2. The van der Waals surface area contributed by atoms with Crippen LogP contribution in [0.25, 0.3) is 0 Å². The van der Waals surface area contributed by atoms with Crippen molar-refractivity contribution in [2.45, 2.75) is 64.0 Å². The Bertz CT molecular complexity index is 1000. The quantitative estimate of drug-likeness (QED) is 0.356. The Balaban J connectivity index is 1.22. The minimum Gasteiger partial charge on any atom is -0.489 e. The first-order valence-corrected chi connectivity index (χ1v) is 12.0. The second kappa shape index (κ2) is 11.6. The standard InChI is InChI=1S/C29H33NO3/c31-29(32)19-12-22-10-17-28(18-11-22)33-21-24-8-6-23(7-9-24)20-30-27-15-13-26(14-16-27)25-4-2-1-3-5-25/h6-11,13-18,25,30H,1-5,12,19-21H2,(H,31,32). The maximum Gasteiger partial charge on any atom is 0.303 e. The van der Waals surface area contributed by atoms with Gasteiger partial charge in [0.1, 0.15) is 12.4 Å². The van der Waals surface area contributed by atoms with Crippen LogP contribution in [0.2, 0.25) is 0 Å². The summed E-state index contributed by atoms with van der Waals surface area (Å²) < 4.78 is 5.87. The van der Waals surface area contributed by atoms with Crippen LogP contribution >= 0.6 is 0 Å². The van der Waals surface area contributed by atoms with Crippen LogP contribution in [0, 0.1) is 0 Å². The fraction of sp³-hybridized carbons (Fsp3) is 0.345. The van der Waals surface area contributed by atoms with Crippen molar-refractivity contribution in [3.8, 4) is 5.75 Å². The Morgan fingerprint density at radius 1 is 0.818 bits per heavy atom. The van der Waals surface area contributed by atoms with Gasteiger partial charge in [0.25, 0.3) is 0 Å². The van der Waals surface area contributed by atoms with Gasteiger partial charge in [-0.3, -0.25) is 4.79 Å². The van der Waals surface area contributed by atoms with Crippen LogP contribution in [-0.4, -0.2) is 11.1 Å². The first-order valence-electron chi connectivity index (χ1n) is 12.0. The van der Waals surface area contributed by atoms with Crippen LogP contribution < -0.4 is 10.1 Å². The SMILES string of the molecule is O=C(O)CCc1ccc(OCc2ccc(CNc3ccc(C4CCCCC4)cc3)cc2)cc1. The lowest BCUT2D eigenvalue weighted by Crippen LogP contribution is -2.05. The Morgan fingerprint density at radius 3 is 2.12 bits per heavy atom. The zero-order valence-corrected chi connectivity index (χ0v) is 19.1. The summed E-state index contributed by atoms with van der Waals surface area (Å²) in [6, 6.07) is 25.1. The molecule has 0 bridgehead atoms. The number of carbonyl (C=O) groups is 1. The lowest BCUT2D eigenvalue weighted by molar-refractivity contribution is -0.136. The van der Waals surface area contributed by atoms with Gasteiger partial charge < -0.3 is 15.2 Å². The van der Waals surface area contributed by atoms with E-state index in [2.05, 4.69) is 53.8 Å². The number of ether oxygens (including phenoxy) is 1. The van der Waals surface area contributed by atoms with Crippen molar-refractivity contribution in [3.05, 3.63) is 95.1 Å². The molecule has 0 spiro atoms. The lowest BCUT2D eigenvalue weighted by atomic mass is 9.84.